The SMILES string of the molecule is O=C1CC(Cl)CN1c1ncc([N+](=O)[O-])cc1Br. The van der Waals surface area contributed by atoms with Crippen molar-refractivity contribution in [1.29, 1.82) is 0 Å². The minimum absolute atomic E-state index is 0.130. The molecule has 0 aliphatic carbocycles. The van der Waals surface area contributed by atoms with Gasteiger partial charge < -0.3 is 0 Å². The van der Waals surface area contributed by atoms with Crippen LogP contribution in [0.4, 0.5) is 11.5 Å². The Balaban J connectivity index is 2.34. The average Bonchev–Trinajstić information content (AvgIpc) is 2.57. The zero-order chi connectivity index (χ0) is 12.6. The Bertz CT molecular complexity index is 496. The van der Waals surface area contributed by atoms with Crippen molar-refractivity contribution < 1.29 is 9.72 Å². The van der Waals surface area contributed by atoms with Crippen molar-refractivity contribution >= 4 is 44.9 Å². The number of hydrogen-bond acceptors (Lipinski definition) is 4. The lowest BCUT2D eigenvalue weighted by Gasteiger charge is -2.15. The van der Waals surface area contributed by atoms with Crippen LogP contribution in [0.25, 0.3) is 0 Å². The lowest BCUT2D eigenvalue weighted by Crippen LogP contribution is -2.26. The molecule has 6 nitrogen and oxygen atoms in total. The third-order valence-corrected chi connectivity index (χ3v) is 3.23. The third kappa shape index (κ3) is 2.39. The molecule has 0 aromatic carbocycles. The Kier molecular flexibility index (Phi) is 3.30. The highest BCUT2D eigenvalue weighted by molar-refractivity contribution is 9.10. The molecule has 17 heavy (non-hydrogen) atoms. The molecule has 0 N–H and O–H groups in total. The van der Waals surface area contributed by atoms with E-state index in [1.165, 1.54) is 11.0 Å². The van der Waals surface area contributed by atoms with Gasteiger partial charge >= 0.3 is 0 Å². The van der Waals surface area contributed by atoms with Gasteiger partial charge in [-0.25, -0.2) is 4.98 Å². The van der Waals surface area contributed by atoms with Crippen LogP contribution in [0.1, 0.15) is 6.42 Å². The summed E-state index contributed by atoms with van der Waals surface area (Å²) in [5.41, 5.74) is -0.130. The molecule has 1 aromatic heterocycles. The Labute approximate surface area is 110 Å². The molecule has 1 unspecified atom stereocenters. The summed E-state index contributed by atoms with van der Waals surface area (Å²) < 4.78 is 0.408. The largest absolute Gasteiger partial charge is 0.294 e. The number of pyridine rings is 1. The first-order valence-electron chi connectivity index (χ1n) is 4.73. The van der Waals surface area contributed by atoms with E-state index in [-0.39, 0.29) is 23.4 Å². The highest BCUT2D eigenvalue weighted by Crippen LogP contribution is 2.31. The molecule has 1 aliphatic rings. The third-order valence-electron chi connectivity index (χ3n) is 2.35. The maximum Gasteiger partial charge on any atom is 0.288 e. The molecule has 1 aromatic rings. The highest BCUT2D eigenvalue weighted by atomic mass is 79.9. The standard InChI is InChI=1S/C9H7BrClN3O3/c10-7-2-6(14(16)17)3-12-9(7)13-4-5(11)1-8(13)15/h2-3,5H,1,4H2. The van der Waals surface area contributed by atoms with E-state index in [1.807, 2.05) is 0 Å². The van der Waals surface area contributed by atoms with Gasteiger partial charge in [-0.1, -0.05) is 0 Å². The molecule has 1 amide bonds. The van der Waals surface area contributed by atoms with Crippen molar-refractivity contribution in [2.24, 2.45) is 0 Å². The number of nitrogens with zero attached hydrogens (tertiary/aromatic N) is 3. The summed E-state index contributed by atoms with van der Waals surface area (Å²) >= 11 is 9.04. The molecule has 8 heteroatoms. The van der Waals surface area contributed by atoms with Crippen LogP contribution in [0, 0.1) is 10.1 Å². The second kappa shape index (κ2) is 4.58. The molecular formula is C9H7BrClN3O3. The molecular weight excluding hydrogens is 313 g/mol. The van der Waals surface area contributed by atoms with Crippen molar-refractivity contribution in [3.05, 3.63) is 26.9 Å². The summed E-state index contributed by atoms with van der Waals surface area (Å²) in [6.07, 6.45) is 1.38. The summed E-state index contributed by atoms with van der Waals surface area (Å²) in [5.74, 6) is 0.232. The van der Waals surface area contributed by atoms with Crippen LogP contribution in [0.5, 0.6) is 0 Å². The monoisotopic (exact) mass is 319 g/mol. The van der Waals surface area contributed by atoms with E-state index in [1.54, 1.807) is 0 Å². The molecule has 0 saturated carbocycles. The first-order chi connectivity index (χ1) is 7.99. The van der Waals surface area contributed by atoms with Gasteiger partial charge in [0, 0.05) is 19.0 Å². The fourth-order valence-electron chi connectivity index (χ4n) is 1.59. The van der Waals surface area contributed by atoms with Gasteiger partial charge in [0.15, 0.2) is 0 Å². The first kappa shape index (κ1) is 12.3. The lowest BCUT2D eigenvalue weighted by molar-refractivity contribution is -0.385. The number of halogens is 2. The Hall–Kier alpha value is -1.21. The quantitative estimate of drug-likeness (QED) is 0.475. The first-order valence-corrected chi connectivity index (χ1v) is 5.96. The molecule has 1 saturated heterocycles. The summed E-state index contributed by atoms with van der Waals surface area (Å²) in [7, 11) is 0. The van der Waals surface area contributed by atoms with E-state index in [0.717, 1.165) is 6.20 Å². The number of amides is 1. The number of hydrogen-bond donors (Lipinski definition) is 0. The maximum atomic E-state index is 11.6. The highest BCUT2D eigenvalue weighted by Gasteiger charge is 2.31. The second-order valence-corrected chi connectivity index (χ2v) is 5.03. The minimum Gasteiger partial charge on any atom is -0.294 e. The van der Waals surface area contributed by atoms with Gasteiger partial charge in [-0.2, -0.15) is 0 Å². The van der Waals surface area contributed by atoms with E-state index < -0.39 is 4.92 Å². The Morgan fingerprint density at radius 3 is 2.82 bits per heavy atom. The van der Waals surface area contributed by atoms with Crippen LogP contribution in [0.15, 0.2) is 16.7 Å². The minimum atomic E-state index is -0.544. The second-order valence-electron chi connectivity index (χ2n) is 3.56. The predicted octanol–water partition coefficient (Wildman–Crippen LogP) is 2.10. The van der Waals surface area contributed by atoms with Gasteiger partial charge in [-0.3, -0.25) is 19.8 Å². The number of rotatable bonds is 2. The number of carbonyl (C=O) groups is 1. The molecule has 0 radical (unpaired) electrons. The molecule has 2 rings (SSSR count). The topological polar surface area (TPSA) is 76.3 Å². The van der Waals surface area contributed by atoms with E-state index in [0.29, 0.717) is 16.8 Å². The zero-order valence-electron chi connectivity index (χ0n) is 8.47. The number of carbonyl (C=O) groups excluding carboxylic acids is 1. The van der Waals surface area contributed by atoms with Crippen molar-refractivity contribution in [2.75, 3.05) is 11.4 Å². The van der Waals surface area contributed by atoms with Gasteiger partial charge in [0.2, 0.25) is 5.91 Å². The summed E-state index contributed by atoms with van der Waals surface area (Å²) in [6.45, 7) is 0.365. The van der Waals surface area contributed by atoms with Gasteiger partial charge in [0.25, 0.3) is 5.69 Å². The maximum absolute atomic E-state index is 11.6. The van der Waals surface area contributed by atoms with Gasteiger partial charge in [-0.05, 0) is 15.9 Å². The van der Waals surface area contributed by atoms with E-state index in [9.17, 15) is 14.9 Å². The van der Waals surface area contributed by atoms with Gasteiger partial charge in [0.1, 0.15) is 12.0 Å². The van der Waals surface area contributed by atoms with Crippen LogP contribution in [0.2, 0.25) is 0 Å². The van der Waals surface area contributed by atoms with E-state index in [4.69, 9.17) is 11.6 Å². The van der Waals surface area contributed by atoms with Crippen LogP contribution in [-0.2, 0) is 4.79 Å². The summed E-state index contributed by atoms with van der Waals surface area (Å²) in [5, 5.41) is 10.3. The van der Waals surface area contributed by atoms with Crippen LogP contribution in [-0.4, -0.2) is 27.7 Å². The number of anilines is 1. The van der Waals surface area contributed by atoms with Crippen molar-refractivity contribution in [3.8, 4) is 0 Å². The van der Waals surface area contributed by atoms with Crippen molar-refractivity contribution in [3.63, 3.8) is 0 Å². The number of nitro groups is 1. The molecule has 0 spiro atoms. The van der Waals surface area contributed by atoms with Crippen molar-refractivity contribution in [2.45, 2.75) is 11.8 Å². The van der Waals surface area contributed by atoms with Crippen LogP contribution >= 0.6 is 27.5 Å². The molecule has 1 aliphatic heterocycles. The normalized spacial score (nSPS) is 19.8. The van der Waals surface area contributed by atoms with Crippen molar-refractivity contribution in [1.82, 2.24) is 4.98 Å². The van der Waals surface area contributed by atoms with Crippen LogP contribution < -0.4 is 4.90 Å². The fourth-order valence-corrected chi connectivity index (χ4v) is 2.41. The molecule has 1 atom stereocenters. The average molecular weight is 321 g/mol. The fraction of sp³-hybridized carbons (Fsp3) is 0.333. The zero-order valence-corrected chi connectivity index (χ0v) is 10.8. The summed E-state index contributed by atoms with van der Waals surface area (Å²) in [6, 6.07) is 1.32. The molecule has 1 fully saturated rings. The summed E-state index contributed by atoms with van der Waals surface area (Å²) in [4.78, 5) is 27.0. The van der Waals surface area contributed by atoms with E-state index in [2.05, 4.69) is 20.9 Å². The number of aromatic nitrogens is 1. The van der Waals surface area contributed by atoms with E-state index >= 15 is 0 Å². The predicted molar refractivity (Wildman–Crippen MR) is 65.2 cm³/mol. The lowest BCUT2D eigenvalue weighted by atomic mass is 10.4. The Morgan fingerprint density at radius 2 is 2.35 bits per heavy atom. The van der Waals surface area contributed by atoms with Gasteiger partial charge in [0.05, 0.1) is 14.8 Å². The molecule has 2 heterocycles. The molecule has 90 valence electrons. The number of alkyl halides is 1. The van der Waals surface area contributed by atoms with Crippen LogP contribution in [0.3, 0.4) is 0 Å². The van der Waals surface area contributed by atoms with Gasteiger partial charge in [-0.15, -0.1) is 11.6 Å². The molecule has 0 bridgehead atoms. The Morgan fingerprint density at radius 1 is 1.65 bits per heavy atom. The smallest absolute Gasteiger partial charge is 0.288 e.